The number of amides is 3. The van der Waals surface area contributed by atoms with Crippen LogP contribution >= 0.6 is 11.3 Å². The molecule has 1 aliphatic rings. The van der Waals surface area contributed by atoms with Crippen LogP contribution in [0.5, 0.6) is 0 Å². The number of imide groups is 1. The molecule has 1 saturated heterocycles. The van der Waals surface area contributed by atoms with Gasteiger partial charge in [0, 0.05) is 10.4 Å². The van der Waals surface area contributed by atoms with Gasteiger partial charge < -0.3 is 9.73 Å². The second-order valence-corrected chi connectivity index (χ2v) is 7.26. The van der Waals surface area contributed by atoms with Gasteiger partial charge in [-0.25, -0.2) is 9.78 Å². The fraction of sp³-hybridized carbons (Fsp3) is 0.211. The Morgan fingerprint density at radius 2 is 1.96 bits per heavy atom. The Balaban J connectivity index is 1.61. The number of nitrogens with zero attached hydrogens (tertiary/aromatic N) is 2. The van der Waals surface area contributed by atoms with Crippen LogP contribution in [0, 0.1) is 6.92 Å². The molecule has 2 aromatic heterocycles. The van der Waals surface area contributed by atoms with Gasteiger partial charge in [0.1, 0.15) is 11.5 Å². The first-order valence-electron chi connectivity index (χ1n) is 8.19. The molecule has 1 fully saturated rings. The van der Waals surface area contributed by atoms with Crippen molar-refractivity contribution in [2.75, 3.05) is 0 Å². The predicted octanol–water partition coefficient (Wildman–Crippen LogP) is 3.68. The summed E-state index contributed by atoms with van der Waals surface area (Å²) in [6, 6.07) is 12.8. The molecule has 1 aromatic carbocycles. The fourth-order valence-electron chi connectivity index (χ4n) is 3.00. The van der Waals surface area contributed by atoms with E-state index in [-0.39, 0.29) is 12.5 Å². The molecule has 1 atom stereocenters. The van der Waals surface area contributed by atoms with Gasteiger partial charge in [-0.05, 0) is 37.4 Å². The fourth-order valence-corrected chi connectivity index (χ4v) is 3.83. The maximum absolute atomic E-state index is 12.9. The summed E-state index contributed by atoms with van der Waals surface area (Å²) in [4.78, 5) is 31.8. The van der Waals surface area contributed by atoms with Crippen LogP contribution in [0.4, 0.5) is 4.79 Å². The summed E-state index contributed by atoms with van der Waals surface area (Å²) in [7, 11) is 0. The van der Waals surface area contributed by atoms with Gasteiger partial charge in [-0.3, -0.25) is 9.69 Å². The van der Waals surface area contributed by atoms with E-state index in [1.165, 1.54) is 16.2 Å². The van der Waals surface area contributed by atoms with E-state index >= 15 is 0 Å². The molecule has 4 rings (SSSR count). The quantitative estimate of drug-likeness (QED) is 0.714. The third kappa shape index (κ3) is 2.61. The Kier molecular flexibility index (Phi) is 3.88. The van der Waals surface area contributed by atoms with Crippen LogP contribution in [0.3, 0.4) is 0 Å². The van der Waals surface area contributed by atoms with Crippen molar-refractivity contribution in [3.63, 3.8) is 0 Å². The highest BCUT2D eigenvalue weighted by molar-refractivity contribution is 7.10. The van der Waals surface area contributed by atoms with E-state index in [4.69, 9.17) is 4.42 Å². The Hall–Kier alpha value is -2.93. The lowest BCUT2D eigenvalue weighted by Gasteiger charge is -2.19. The largest absolute Gasteiger partial charge is 0.441 e. The maximum Gasteiger partial charge on any atom is 0.325 e. The first-order valence-corrected chi connectivity index (χ1v) is 9.07. The number of urea groups is 1. The molecule has 3 aromatic rings. The van der Waals surface area contributed by atoms with Crippen molar-refractivity contribution in [1.82, 2.24) is 15.2 Å². The maximum atomic E-state index is 12.9. The van der Waals surface area contributed by atoms with E-state index in [0.717, 1.165) is 10.4 Å². The number of aryl methyl sites for hydroxylation is 1. The average molecular weight is 367 g/mol. The first kappa shape index (κ1) is 16.5. The minimum absolute atomic E-state index is 0.0772. The number of hydrogen-bond acceptors (Lipinski definition) is 5. The van der Waals surface area contributed by atoms with Gasteiger partial charge in [-0.1, -0.05) is 24.3 Å². The van der Waals surface area contributed by atoms with Crippen molar-refractivity contribution in [2.45, 2.75) is 25.9 Å². The van der Waals surface area contributed by atoms with Gasteiger partial charge in [0.05, 0.1) is 6.54 Å². The molecule has 0 radical (unpaired) electrons. The first-order chi connectivity index (χ1) is 12.5. The van der Waals surface area contributed by atoms with Crippen LogP contribution in [0.25, 0.3) is 11.5 Å². The van der Waals surface area contributed by atoms with Crippen LogP contribution in [-0.4, -0.2) is 21.8 Å². The summed E-state index contributed by atoms with van der Waals surface area (Å²) >= 11 is 1.44. The molecule has 132 valence electrons. The molecular weight excluding hydrogens is 350 g/mol. The monoisotopic (exact) mass is 367 g/mol. The number of nitrogens with one attached hydrogen (secondary N) is 1. The summed E-state index contributed by atoms with van der Waals surface area (Å²) in [6.07, 6.45) is 0. The van der Waals surface area contributed by atoms with E-state index in [1.807, 2.05) is 47.8 Å². The molecule has 3 heterocycles. The van der Waals surface area contributed by atoms with Crippen molar-refractivity contribution in [2.24, 2.45) is 0 Å². The molecule has 0 bridgehead atoms. The second kappa shape index (κ2) is 6.10. The Labute approximate surface area is 154 Å². The molecule has 26 heavy (non-hydrogen) atoms. The molecular formula is C19H17N3O3S. The summed E-state index contributed by atoms with van der Waals surface area (Å²) in [5.74, 6) is 0.786. The van der Waals surface area contributed by atoms with Crippen LogP contribution in [0.2, 0.25) is 0 Å². The van der Waals surface area contributed by atoms with Gasteiger partial charge in [-0.15, -0.1) is 11.3 Å². The number of oxazole rings is 1. The van der Waals surface area contributed by atoms with Gasteiger partial charge in [0.2, 0.25) is 5.89 Å². The lowest BCUT2D eigenvalue weighted by atomic mass is 10.0. The normalized spacial score (nSPS) is 19.8. The zero-order valence-corrected chi connectivity index (χ0v) is 15.2. The highest BCUT2D eigenvalue weighted by atomic mass is 32.1. The molecule has 1 unspecified atom stereocenters. The van der Waals surface area contributed by atoms with Crippen molar-refractivity contribution < 1.29 is 14.0 Å². The summed E-state index contributed by atoms with van der Waals surface area (Å²) in [5.41, 5.74) is 0.385. The topological polar surface area (TPSA) is 75.4 Å². The summed E-state index contributed by atoms with van der Waals surface area (Å²) in [5, 5.41) is 4.69. The minimum atomic E-state index is -1.04. The van der Waals surface area contributed by atoms with Gasteiger partial charge >= 0.3 is 6.03 Å². The molecule has 1 aliphatic heterocycles. The van der Waals surface area contributed by atoms with Crippen molar-refractivity contribution in [1.29, 1.82) is 0 Å². The molecule has 3 amide bonds. The Bertz CT molecular complexity index is 965. The third-order valence-electron chi connectivity index (χ3n) is 4.51. The SMILES string of the molecule is Cc1oc(-c2ccccc2)nc1CN1C(=O)NC(C)(c2cccs2)C1=O. The van der Waals surface area contributed by atoms with Crippen molar-refractivity contribution >= 4 is 23.3 Å². The van der Waals surface area contributed by atoms with E-state index < -0.39 is 11.6 Å². The molecule has 0 aliphatic carbocycles. The van der Waals surface area contributed by atoms with Gasteiger partial charge in [0.25, 0.3) is 5.91 Å². The summed E-state index contributed by atoms with van der Waals surface area (Å²) in [6.45, 7) is 3.59. The van der Waals surface area contributed by atoms with Crippen LogP contribution in [-0.2, 0) is 16.9 Å². The van der Waals surface area contributed by atoms with Crippen molar-refractivity contribution in [3.05, 3.63) is 64.2 Å². The van der Waals surface area contributed by atoms with Crippen LogP contribution in [0.15, 0.2) is 52.3 Å². The smallest absolute Gasteiger partial charge is 0.325 e. The molecule has 7 heteroatoms. The van der Waals surface area contributed by atoms with E-state index in [9.17, 15) is 9.59 Å². The number of benzene rings is 1. The average Bonchev–Trinajstić information content (AvgIpc) is 3.34. The number of carbonyl (C=O) groups excluding carboxylic acids is 2. The van der Waals surface area contributed by atoms with E-state index in [1.54, 1.807) is 13.8 Å². The van der Waals surface area contributed by atoms with Gasteiger partial charge in [-0.2, -0.15) is 0 Å². The standard InChI is InChI=1S/C19H17N3O3S/c1-12-14(20-16(25-12)13-7-4-3-5-8-13)11-22-17(23)19(2,21-18(22)24)15-9-6-10-26-15/h3-10H,11H2,1-2H3,(H,21,24). The Morgan fingerprint density at radius 1 is 1.19 bits per heavy atom. The number of thiophene rings is 1. The number of aromatic nitrogens is 1. The highest BCUT2D eigenvalue weighted by Gasteiger charge is 2.49. The molecule has 1 N–H and O–H groups in total. The van der Waals surface area contributed by atoms with E-state index in [0.29, 0.717) is 17.3 Å². The second-order valence-electron chi connectivity index (χ2n) is 6.31. The van der Waals surface area contributed by atoms with E-state index in [2.05, 4.69) is 10.3 Å². The number of carbonyl (C=O) groups is 2. The zero-order chi connectivity index (χ0) is 18.3. The van der Waals surface area contributed by atoms with Crippen molar-refractivity contribution in [3.8, 4) is 11.5 Å². The summed E-state index contributed by atoms with van der Waals surface area (Å²) < 4.78 is 5.73. The molecule has 0 saturated carbocycles. The Morgan fingerprint density at radius 3 is 2.65 bits per heavy atom. The van der Waals surface area contributed by atoms with Gasteiger partial charge in [0.15, 0.2) is 5.54 Å². The lowest BCUT2D eigenvalue weighted by molar-refractivity contribution is -0.131. The highest BCUT2D eigenvalue weighted by Crippen LogP contribution is 2.33. The minimum Gasteiger partial charge on any atom is -0.441 e. The zero-order valence-electron chi connectivity index (χ0n) is 14.4. The lowest BCUT2D eigenvalue weighted by Crippen LogP contribution is -2.40. The van der Waals surface area contributed by atoms with Crippen LogP contribution in [0.1, 0.15) is 23.3 Å². The number of hydrogen-bond donors (Lipinski definition) is 1. The predicted molar refractivity (Wildman–Crippen MR) is 97.4 cm³/mol. The molecule has 6 nitrogen and oxygen atoms in total. The molecule has 0 spiro atoms. The number of rotatable bonds is 4. The third-order valence-corrected chi connectivity index (χ3v) is 5.60. The van der Waals surface area contributed by atoms with Crippen LogP contribution < -0.4 is 5.32 Å².